The van der Waals surface area contributed by atoms with Gasteiger partial charge in [0.05, 0.1) is 23.9 Å². The molecule has 0 fully saturated rings. The Balaban J connectivity index is 1.87. The van der Waals surface area contributed by atoms with E-state index in [4.69, 9.17) is 16.6 Å². The Hall–Kier alpha value is -4.71. The third kappa shape index (κ3) is 5.37. The van der Waals surface area contributed by atoms with E-state index in [0.29, 0.717) is 16.9 Å². The maximum absolute atomic E-state index is 14.7. The van der Waals surface area contributed by atoms with E-state index in [2.05, 4.69) is 21.5 Å². The zero-order valence-electron chi connectivity index (χ0n) is 18.8. The number of aromatic nitrogens is 1. The number of methoxy groups -OCH3 is 1. The first-order chi connectivity index (χ1) is 16.2. The zero-order chi connectivity index (χ0) is 24.8. The van der Waals surface area contributed by atoms with E-state index in [9.17, 15) is 14.0 Å². The van der Waals surface area contributed by atoms with E-state index in [0.717, 1.165) is 6.07 Å². The molecule has 0 aliphatic heterocycles. The summed E-state index contributed by atoms with van der Waals surface area (Å²) in [5.74, 6) is 1.07. The first-order valence-corrected chi connectivity index (χ1v) is 10.0. The maximum Gasteiger partial charge on any atom is 0.259 e. The molecular formula is C25H22FN5O3. The molecule has 3 rings (SSSR count). The summed E-state index contributed by atoms with van der Waals surface area (Å²) in [6, 6.07) is 11.5. The number of pyridine rings is 1. The van der Waals surface area contributed by atoms with Crippen molar-refractivity contribution >= 4 is 29.2 Å². The van der Waals surface area contributed by atoms with Crippen LogP contribution in [0.2, 0.25) is 0 Å². The Bertz CT molecular complexity index is 1300. The van der Waals surface area contributed by atoms with E-state index in [1.807, 2.05) is 0 Å². The molecular weight excluding hydrogens is 437 g/mol. The first kappa shape index (κ1) is 23.9. The fourth-order valence-corrected chi connectivity index (χ4v) is 2.98. The number of terminal acetylenes is 1. The van der Waals surface area contributed by atoms with Crippen LogP contribution in [-0.2, 0) is 0 Å². The van der Waals surface area contributed by atoms with Crippen molar-refractivity contribution in [2.24, 2.45) is 0 Å². The number of ether oxygens (including phenoxy) is 1. The zero-order valence-corrected chi connectivity index (χ0v) is 18.8. The molecule has 172 valence electrons. The highest BCUT2D eigenvalue weighted by atomic mass is 19.1. The van der Waals surface area contributed by atoms with E-state index >= 15 is 0 Å². The van der Waals surface area contributed by atoms with Gasteiger partial charge in [0.1, 0.15) is 23.2 Å². The summed E-state index contributed by atoms with van der Waals surface area (Å²) in [5.41, 5.74) is 0.882. The van der Waals surface area contributed by atoms with Crippen LogP contribution < -0.4 is 15.4 Å². The first-order valence-electron chi connectivity index (χ1n) is 10.0. The number of nitrogens with zero attached hydrogens (tertiary/aromatic N) is 2. The third-order valence-electron chi connectivity index (χ3n) is 4.83. The minimum Gasteiger partial charge on any atom is -0.497 e. The number of amidine groups is 1. The molecule has 0 aliphatic carbocycles. The molecule has 2 aromatic carbocycles. The molecule has 1 heterocycles. The number of hydrogen-bond acceptors (Lipinski definition) is 5. The van der Waals surface area contributed by atoms with Gasteiger partial charge in [-0.1, -0.05) is 12.0 Å². The van der Waals surface area contributed by atoms with Gasteiger partial charge in [-0.3, -0.25) is 15.0 Å². The average molecular weight is 459 g/mol. The van der Waals surface area contributed by atoms with E-state index < -0.39 is 17.6 Å². The predicted molar refractivity (Wildman–Crippen MR) is 128 cm³/mol. The summed E-state index contributed by atoms with van der Waals surface area (Å²) in [7, 11) is 4.77. The normalized spacial score (nSPS) is 10.1. The average Bonchev–Trinajstić information content (AvgIpc) is 2.83. The lowest BCUT2D eigenvalue weighted by Gasteiger charge is -2.15. The number of rotatable bonds is 6. The van der Waals surface area contributed by atoms with Crippen LogP contribution in [0, 0.1) is 23.6 Å². The Labute approximate surface area is 196 Å². The van der Waals surface area contributed by atoms with Crippen molar-refractivity contribution in [1.82, 2.24) is 9.88 Å². The molecule has 0 atom stereocenters. The second-order valence-electron chi connectivity index (χ2n) is 7.33. The number of benzene rings is 2. The van der Waals surface area contributed by atoms with Crippen molar-refractivity contribution in [2.45, 2.75) is 0 Å². The van der Waals surface area contributed by atoms with Crippen LogP contribution >= 0.6 is 0 Å². The van der Waals surface area contributed by atoms with Gasteiger partial charge in [-0.25, -0.2) is 9.37 Å². The quantitative estimate of drug-likeness (QED) is 0.297. The molecule has 9 heteroatoms. The minimum atomic E-state index is -0.793. The molecule has 0 bridgehead atoms. The molecule has 0 saturated heterocycles. The van der Waals surface area contributed by atoms with Crippen LogP contribution in [0.5, 0.6) is 5.75 Å². The second-order valence-corrected chi connectivity index (χ2v) is 7.33. The summed E-state index contributed by atoms with van der Waals surface area (Å²) in [5, 5.41) is 13.2. The fourth-order valence-electron chi connectivity index (χ4n) is 2.98. The molecule has 0 radical (unpaired) electrons. The lowest BCUT2D eigenvalue weighted by atomic mass is 10.1. The van der Waals surface area contributed by atoms with Gasteiger partial charge in [-0.15, -0.1) is 6.42 Å². The summed E-state index contributed by atoms with van der Waals surface area (Å²) < 4.78 is 19.8. The Kier molecular flexibility index (Phi) is 7.23. The summed E-state index contributed by atoms with van der Waals surface area (Å²) >= 11 is 0. The summed E-state index contributed by atoms with van der Waals surface area (Å²) in [4.78, 5) is 31.3. The third-order valence-corrected chi connectivity index (χ3v) is 4.83. The molecule has 0 spiro atoms. The van der Waals surface area contributed by atoms with Gasteiger partial charge in [0, 0.05) is 31.4 Å². The molecule has 0 unspecified atom stereocenters. The molecule has 34 heavy (non-hydrogen) atoms. The molecule has 1 aromatic heterocycles. The molecule has 8 nitrogen and oxygen atoms in total. The highest BCUT2D eigenvalue weighted by Crippen LogP contribution is 2.24. The van der Waals surface area contributed by atoms with Gasteiger partial charge >= 0.3 is 0 Å². The highest BCUT2D eigenvalue weighted by Gasteiger charge is 2.19. The van der Waals surface area contributed by atoms with Crippen molar-refractivity contribution in [2.75, 3.05) is 31.8 Å². The fraction of sp³-hybridized carbons (Fsp3) is 0.120. The highest BCUT2D eigenvalue weighted by molar-refractivity contribution is 6.12. The molecule has 0 saturated carbocycles. The van der Waals surface area contributed by atoms with Gasteiger partial charge in [0.15, 0.2) is 0 Å². The predicted octanol–water partition coefficient (Wildman–Crippen LogP) is 3.60. The van der Waals surface area contributed by atoms with E-state index in [1.165, 1.54) is 42.5 Å². The molecule has 2 amide bonds. The number of amides is 2. The van der Waals surface area contributed by atoms with E-state index in [-0.39, 0.29) is 28.5 Å². The van der Waals surface area contributed by atoms with Gasteiger partial charge in [0.25, 0.3) is 11.8 Å². The summed E-state index contributed by atoms with van der Waals surface area (Å²) in [6.45, 7) is 0. The summed E-state index contributed by atoms with van der Waals surface area (Å²) in [6.07, 6.45) is 6.75. The minimum absolute atomic E-state index is 0.0851. The van der Waals surface area contributed by atoms with Gasteiger partial charge in [-0.2, -0.15) is 0 Å². The van der Waals surface area contributed by atoms with Crippen molar-refractivity contribution in [3.05, 3.63) is 82.8 Å². The standard InChI is InChI=1S/C25H22FN5O3/c1-5-15-6-11-22(28-14-15)30-25(33)19-13-17(34-4)8-10-21(19)29-24(32)18-9-7-16(12-20(18)26)23(27)31(2)3/h1,6-14,27H,2-4H3,(H,29,32)(H,28,30,33). The van der Waals surface area contributed by atoms with Gasteiger partial charge in [-0.05, 0) is 42.5 Å². The van der Waals surface area contributed by atoms with Crippen LogP contribution in [0.1, 0.15) is 31.8 Å². The Morgan fingerprint density at radius 1 is 1.06 bits per heavy atom. The number of halogens is 1. The molecule has 3 aromatic rings. The van der Waals surface area contributed by atoms with Crippen molar-refractivity contribution < 1.29 is 18.7 Å². The molecule has 0 aliphatic rings. The van der Waals surface area contributed by atoms with Gasteiger partial charge < -0.3 is 20.3 Å². The van der Waals surface area contributed by atoms with Crippen LogP contribution in [0.3, 0.4) is 0 Å². The Morgan fingerprint density at radius 2 is 1.79 bits per heavy atom. The number of carbonyl (C=O) groups is 2. The second kappa shape index (κ2) is 10.3. The number of hydrogen-bond donors (Lipinski definition) is 3. The van der Waals surface area contributed by atoms with Crippen molar-refractivity contribution in [3.63, 3.8) is 0 Å². The van der Waals surface area contributed by atoms with Crippen molar-refractivity contribution in [3.8, 4) is 18.1 Å². The smallest absolute Gasteiger partial charge is 0.259 e. The lowest BCUT2D eigenvalue weighted by Crippen LogP contribution is -2.23. The maximum atomic E-state index is 14.7. The van der Waals surface area contributed by atoms with Crippen LogP contribution in [0.25, 0.3) is 0 Å². The molecule has 3 N–H and O–H groups in total. The van der Waals surface area contributed by atoms with Crippen LogP contribution in [-0.4, -0.2) is 48.7 Å². The number of carbonyl (C=O) groups excluding carboxylic acids is 2. The van der Waals surface area contributed by atoms with Crippen LogP contribution in [0.4, 0.5) is 15.9 Å². The topological polar surface area (TPSA) is 107 Å². The largest absolute Gasteiger partial charge is 0.497 e. The van der Waals surface area contributed by atoms with Gasteiger partial charge in [0.2, 0.25) is 0 Å². The Morgan fingerprint density at radius 3 is 2.38 bits per heavy atom. The van der Waals surface area contributed by atoms with E-state index in [1.54, 1.807) is 32.3 Å². The number of nitrogens with one attached hydrogen (secondary N) is 3. The van der Waals surface area contributed by atoms with Crippen LogP contribution in [0.15, 0.2) is 54.7 Å². The van der Waals surface area contributed by atoms with Crippen molar-refractivity contribution in [1.29, 1.82) is 5.41 Å². The SMILES string of the molecule is C#Cc1ccc(NC(=O)c2cc(OC)ccc2NC(=O)c2ccc(C(=N)N(C)C)cc2F)nc1. The number of anilines is 2. The lowest BCUT2D eigenvalue weighted by molar-refractivity contribution is 0.102. The monoisotopic (exact) mass is 459 g/mol.